The second-order valence-electron chi connectivity index (χ2n) is 8.16. The number of piperidine rings is 1. The standard InChI is InChI=1S/C23H27F3N2O3S/c1-14-10-17(23(24,25)26)20(32)19(31-4)18(14)21(29)27-22(15-8-6-5-7-9-15)11-16(30-3)12-28(2)13-22/h5-10,16,32H,11-13H2,1-4H3,(H,27,29). The van der Waals surface area contributed by atoms with Crippen molar-refractivity contribution in [3.05, 3.63) is 58.7 Å². The van der Waals surface area contributed by atoms with Gasteiger partial charge in [-0.05, 0) is 31.2 Å². The number of rotatable bonds is 5. The zero-order valence-electron chi connectivity index (χ0n) is 18.4. The Morgan fingerprint density at radius 1 is 1.25 bits per heavy atom. The van der Waals surface area contributed by atoms with Crippen LogP contribution in [-0.2, 0) is 16.5 Å². The van der Waals surface area contributed by atoms with Crippen LogP contribution in [0, 0.1) is 6.92 Å². The molecule has 3 rings (SSSR count). The lowest BCUT2D eigenvalue weighted by atomic mass is 9.80. The van der Waals surface area contributed by atoms with Crippen LogP contribution in [0.25, 0.3) is 0 Å². The van der Waals surface area contributed by atoms with Crippen molar-refractivity contribution in [1.82, 2.24) is 10.2 Å². The smallest absolute Gasteiger partial charge is 0.417 e. The molecule has 1 fully saturated rings. The normalized spacial score (nSPS) is 21.9. The van der Waals surface area contributed by atoms with Crippen molar-refractivity contribution in [3.63, 3.8) is 0 Å². The van der Waals surface area contributed by atoms with E-state index < -0.39 is 28.1 Å². The summed E-state index contributed by atoms with van der Waals surface area (Å²) in [5.74, 6) is -0.730. The molecule has 174 valence electrons. The summed E-state index contributed by atoms with van der Waals surface area (Å²) in [6.07, 6.45) is -4.24. The number of benzene rings is 2. The minimum Gasteiger partial charge on any atom is -0.495 e. The van der Waals surface area contributed by atoms with E-state index >= 15 is 0 Å². The molecule has 2 aromatic rings. The zero-order chi connectivity index (χ0) is 23.7. The van der Waals surface area contributed by atoms with Gasteiger partial charge in [0, 0.05) is 26.6 Å². The van der Waals surface area contributed by atoms with Crippen LogP contribution < -0.4 is 10.1 Å². The summed E-state index contributed by atoms with van der Waals surface area (Å²) in [4.78, 5) is 15.2. The largest absolute Gasteiger partial charge is 0.495 e. The highest BCUT2D eigenvalue weighted by molar-refractivity contribution is 7.80. The molecule has 1 aliphatic heterocycles. The number of alkyl halides is 3. The molecule has 1 saturated heterocycles. The van der Waals surface area contributed by atoms with Crippen LogP contribution in [0.3, 0.4) is 0 Å². The number of carbonyl (C=O) groups excluding carboxylic acids is 1. The summed E-state index contributed by atoms with van der Waals surface area (Å²) in [6, 6.07) is 10.4. The van der Waals surface area contributed by atoms with E-state index in [0.717, 1.165) is 11.6 Å². The molecule has 0 aromatic heterocycles. The fourth-order valence-electron chi connectivity index (χ4n) is 4.43. The van der Waals surface area contributed by atoms with E-state index in [1.54, 1.807) is 7.11 Å². The lowest BCUT2D eigenvalue weighted by Crippen LogP contribution is -2.59. The van der Waals surface area contributed by atoms with Crippen molar-refractivity contribution in [2.45, 2.75) is 36.1 Å². The molecule has 1 amide bonds. The number of likely N-dealkylation sites (tertiary alicyclic amines) is 1. The number of hydrogen-bond acceptors (Lipinski definition) is 5. The average Bonchev–Trinajstić information content (AvgIpc) is 2.73. The van der Waals surface area contributed by atoms with Gasteiger partial charge < -0.3 is 19.7 Å². The molecule has 5 nitrogen and oxygen atoms in total. The quantitative estimate of drug-likeness (QED) is 0.643. The fourth-order valence-corrected chi connectivity index (χ4v) is 4.83. The van der Waals surface area contributed by atoms with Gasteiger partial charge in [-0.25, -0.2) is 0 Å². The third kappa shape index (κ3) is 4.74. The molecule has 1 heterocycles. The first-order chi connectivity index (χ1) is 15.0. The Morgan fingerprint density at radius 3 is 2.47 bits per heavy atom. The highest BCUT2D eigenvalue weighted by Crippen LogP contribution is 2.42. The van der Waals surface area contributed by atoms with Gasteiger partial charge in [0.1, 0.15) is 5.75 Å². The maximum atomic E-state index is 13.5. The Balaban J connectivity index is 2.09. The van der Waals surface area contributed by atoms with Crippen LogP contribution in [0.2, 0.25) is 0 Å². The summed E-state index contributed by atoms with van der Waals surface area (Å²) in [7, 11) is 4.79. The van der Waals surface area contributed by atoms with Crippen molar-refractivity contribution in [2.24, 2.45) is 0 Å². The van der Waals surface area contributed by atoms with Crippen LogP contribution in [0.1, 0.15) is 33.5 Å². The molecule has 32 heavy (non-hydrogen) atoms. The van der Waals surface area contributed by atoms with Gasteiger partial charge in [0.25, 0.3) is 5.91 Å². The molecule has 0 bridgehead atoms. The first kappa shape index (κ1) is 24.4. The third-order valence-corrected chi connectivity index (χ3v) is 6.28. The summed E-state index contributed by atoms with van der Waals surface area (Å²) >= 11 is 4.04. The second kappa shape index (κ2) is 9.33. The number of nitrogens with one attached hydrogen (secondary N) is 1. The van der Waals surface area contributed by atoms with Crippen molar-refractivity contribution < 1.29 is 27.4 Å². The van der Waals surface area contributed by atoms with Gasteiger partial charge in [-0.3, -0.25) is 4.79 Å². The van der Waals surface area contributed by atoms with Crippen LogP contribution in [0.5, 0.6) is 5.75 Å². The number of halogens is 3. The maximum Gasteiger partial charge on any atom is 0.417 e. The molecule has 2 atom stereocenters. The first-order valence-electron chi connectivity index (χ1n) is 10.1. The molecule has 0 saturated carbocycles. The lowest BCUT2D eigenvalue weighted by Gasteiger charge is -2.45. The van der Waals surface area contributed by atoms with Crippen LogP contribution in [-0.4, -0.2) is 51.3 Å². The molecule has 0 aliphatic carbocycles. The van der Waals surface area contributed by atoms with Gasteiger partial charge in [-0.2, -0.15) is 13.2 Å². The van der Waals surface area contributed by atoms with E-state index in [-0.39, 0.29) is 23.0 Å². The highest BCUT2D eigenvalue weighted by atomic mass is 32.1. The van der Waals surface area contributed by atoms with E-state index in [1.807, 2.05) is 37.4 Å². The predicted molar refractivity (Wildman–Crippen MR) is 118 cm³/mol. The van der Waals surface area contributed by atoms with Gasteiger partial charge >= 0.3 is 6.18 Å². The fraction of sp³-hybridized carbons (Fsp3) is 0.435. The number of carbonyl (C=O) groups is 1. The Morgan fingerprint density at radius 2 is 1.91 bits per heavy atom. The number of likely N-dealkylation sites (N-methyl/N-ethyl adjacent to an activating group) is 1. The second-order valence-corrected chi connectivity index (χ2v) is 8.60. The van der Waals surface area contributed by atoms with Crippen LogP contribution in [0.4, 0.5) is 13.2 Å². The Bertz CT molecular complexity index is 985. The van der Waals surface area contributed by atoms with Crippen molar-refractivity contribution in [1.29, 1.82) is 0 Å². The zero-order valence-corrected chi connectivity index (χ0v) is 19.3. The predicted octanol–water partition coefficient (Wildman–Crippen LogP) is 4.29. The minimum atomic E-state index is -4.62. The maximum absolute atomic E-state index is 13.5. The molecular weight excluding hydrogens is 441 g/mol. The third-order valence-electron chi connectivity index (χ3n) is 5.83. The molecular formula is C23H27F3N2O3S. The molecule has 1 aliphatic rings. The van der Waals surface area contributed by atoms with E-state index in [1.165, 1.54) is 14.0 Å². The summed E-state index contributed by atoms with van der Waals surface area (Å²) in [6.45, 7) is 2.67. The van der Waals surface area contributed by atoms with Crippen molar-refractivity contribution >= 4 is 18.5 Å². The number of amides is 1. The Hall–Kier alpha value is -2.23. The van der Waals surface area contributed by atoms with E-state index in [2.05, 4.69) is 22.8 Å². The van der Waals surface area contributed by atoms with Crippen LogP contribution in [0.15, 0.2) is 41.3 Å². The number of methoxy groups -OCH3 is 2. The number of thiol groups is 1. The number of ether oxygens (including phenoxy) is 2. The minimum absolute atomic E-state index is 0.0306. The lowest BCUT2D eigenvalue weighted by molar-refractivity contribution is -0.139. The Labute approximate surface area is 191 Å². The topological polar surface area (TPSA) is 50.8 Å². The average molecular weight is 469 g/mol. The molecule has 9 heteroatoms. The first-order valence-corrected chi connectivity index (χ1v) is 10.5. The van der Waals surface area contributed by atoms with Gasteiger partial charge in [-0.1, -0.05) is 30.3 Å². The van der Waals surface area contributed by atoms with E-state index in [0.29, 0.717) is 19.5 Å². The summed E-state index contributed by atoms with van der Waals surface area (Å²) in [5, 5.41) is 3.10. The van der Waals surface area contributed by atoms with Gasteiger partial charge in [-0.15, -0.1) is 12.6 Å². The van der Waals surface area contributed by atoms with Crippen molar-refractivity contribution in [2.75, 3.05) is 34.4 Å². The highest BCUT2D eigenvalue weighted by Gasteiger charge is 2.43. The molecule has 0 spiro atoms. The monoisotopic (exact) mass is 468 g/mol. The van der Waals surface area contributed by atoms with Gasteiger partial charge in [0.05, 0.1) is 34.8 Å². The van der Waals surface area contributed by atoms with E-state index in [9.17, 15) is 18.0 Å². The number of hydrogen-bond donors (Lipinski definition) is 2. The molecule has 2 aromatic carbocycles. The summed E-state index contributed by atoms with van der Waals surface area (Å²) < 4.78 is 51.1. The van der Waals surface area contributed by atoms with Gasteiger partial charge in [0.15, 0.2) is 0 Å². The number of nitrogens with zero attached hydrogens (tertiary/aromatic N) is 1. The van der Waals surface area contributed by atoms with E-state index in [4.69, 9.17) is 9.47 Å². The SMILES string of the molecule is COc1c(S)c(C(F)(F)F)cc(C)c1C(=O)NC1(c2ccccc2)CC(OC)CN(C)C1. The molecule has 1 N–H and O–H groups in total. The van der Waals surface area contributed by atoms with Crippen molar-refractivity contribution in [3.8, 4) is 5.75 Å². The number of aryl methyl sites for hydroxylation is 1. The van der Waals surface area contributed by atoms with Gasteiger partial charge in [0.2, 0.25) is 0 Å². The van der Waals surface area contributed by atoms with Crippen LogP contribution >= 0.6 is 12.6 Å². The summed E-state index contributed by atoms with van der Waals surface area (Å²) in [5.41, 5.74) is -0.677. The molecule has 2 unspecified atom stereocenters. The molecule has 0 radical (unpaired) electrons. The Kier molecular flexibility index (Phi) is 7.12.